The molecule has 3 nitrogen and oxygen atoms in total. The second kappa shape index (κ2) is 5.97. The van der Waals surface area contributed by atoms with Gasteiger partial charge in [0, 0.05) is 0 Å². The number of carbonyl (C=O) groups is 1. The second-order valence-corrected chi connectivity index (χ2v) is 4.86. The van der Waals surface area contributed by atoms with Gasteiger partial charge in [-0.1, -0.05) is 30.4 Å². The average Bonchev–Trinajstić information content (AvgIpc) is 2.41. The molecule has 0 aliphatic carbocycles. The highest BCUT2D eigenvalue weighted by Crippen LogP contribution is 2.21. The standard InChI is InChI=1S/C15H12F2N2OS/c1-8-4-2-5-9(13(8)17)15(20)19-11-7-3-6-10(16)12(11)14(18)21/h2-7H,1H3,(H2,18,21)(H,19,20). The summed E-state index contributed by atoms with van der Waals surface area (Å²) in [4.78, 5) is 11.9. The molecule has 0 saturated carbocycles. The van der Waals surface area contributed by atoms with Gasteiger partial charge in [-0.2, -0.15) is 0 Å². The fourth-order valence-corrected chi connectivity index (χ4v) is 2.10. The van der Waals surface area contributed by atoms with E-state index in [1.165, 1.54) is 24.3 Å². The normalized spacial score (nSPS) is 10.2. The first-order valence-corrected chi connectivity index (χ1v) is 6.47. The summed E-state index contributed by atoms with van der Waals surface area (Å²) < 4.78 is 27.6. The average molecular weight is 306 g/mol. The van der Waals surface area contributed by atoms with E-state index in [-0.39, 0.29) is 21.8 Å². The van der Waals surface area contributed by atoms with Gasteiger partial charge >= 0.3 is 0 Å². The summed E-state index contributed by atoms with van der Waals surface area (Å²) in [7, 11) is 0. The zero-order valence-electron chi connectivity index (χ0n) is 11.1. The summed E-state index contributed by atoms with van der Waals surface area (Å²) in [5.41, 5.74) is 5.69. The molecule has 0 unspecified atom stereocenters. The van der Waals surface area contributed by atoms with Crippen molar-refractivity contribution in [2.75, 3.05) is 5.32 Å². The van der Waals surface area contributed by atoms with Crippen molar-refractivity contribution in [2.24, 2.45) is 5.73 Å². The Labute approximate surface area is 125 Å². The number of nitrogens with two attached hydrogens (primary N) is 1. The summed E-state index contributed by atoms with van der Waals surface area (Å²) in [6.45, 7) is 1.55. The number of halogens is 2. The smallest absolute Gasteiger partial charge is 0.258 e. The van der Waals surface area contributed by atoms with Crippen molar-refractivity contribution in [1.82, 2.24) is 0 Å². The molecule has 2 rings (SSSR count). The maximum absolute atomic E-state index is 13.9. The first-order chi connectivity index (χ1) is 9.91. The highest BCUT2D eigenvalue weighted by Gasteiger charge is 2.17. The van der Waals surface area contributed by atoms with Gasteiger partial charge in [0.05, 0.1) is 16.8 Å². The fourth-order valence-electron chi connectivity index (χ4n) is 1.89. The lowest BCUT2D eigenvalue weighted by atomic mass is 10.1. The van der Waals surface area contributed by atoms with Gasteiger partial charge < -0.3 is 11.1 Å². The van der Waals surface area contributed by atoms with Crippen LogP contribution in [0.4, 0.5) is 14.5 Å². The SMILES string of the molecule is Cc1cccc(C(=O)Nc2cccc(F)c2C(N)=S)c1F. The molecular formula is C15H12F2N2OS. The zero-order valence-corrected chi connectivity index (χ0v) is 11.9. The molecule has 2 aromatic carbocycles. The van der Waals surface area contributed by atoms with E-state index in [9.17, 15) is 13.6 Å². The fraction of sp³-hybridized carbons (Fsp3) is 0.0667. The van der Waals surface area contributed by atoms with E-state index < -0.39 is 17.5 Å². The number of nitrogens with one attached hydrogen (secondary N) is 1. The summed E-state index contributed by atoms with van der Waals surface area (Å²) >= 11 is 4.77. The lowest BCUT2D eigenvalue weighted by Gasteiger charge is -2.11. The predicted octanol–water partition coefficient (Wildman–Crippen LogP) is 3.16. The summed E-state index contributed by atoms with van der Waals surface area (Å²) in [6.07, 6.45) is 0. The van der Waals surface area contributed by atoms with Gasteiger partial charge in [0.15, 0.2) is 0 Å². The van der Waals surface area contributed by atoms with Crippen LogP contribution in [0.25, 0.3) is 0 Å². The monoisotopic (exact) mass is 306 g/mol. The number of hydrogen-bond acceptors (Lipinski definition) is 2. The largest absolute Gasteiger partial charge is 0.389 e. The second-order valence-electron chi connectivity index (χ2n) is 4.42. The number of benzene rings is 2. The number of thiocarbonyl (C=S) groups is 1. The first kappa shape index (κ1) is 15.1. The third-order valence-corrected chi connectivity index (χ3v) is 3.15. The molecule has 0 fully saturated rings. The van der Waals surface area contributed by atoms with E-state index in [4.69, 9.17) is 18.0 Å². The summed E-state index contributed by atoms with van der Waals surface area (Å²) in [5.74, 6) is -1.97. The van der Waals surface area contributed by atoms with Crippen LogP contribution in [-0.4, -0.2) is 10.9 Å². The Morgan fingerprint density at radius 3 is 2.52 bits per heavy atom. The van der Waals surface area contributed by atoms with Crippen LogP contribution in [0.15, 0.2) is 36.4 Å². The van der Waals surface area contributed by atoms with E-state index in [0.717, 1.165) is 0 Å². The van der Waals surface area contributed by atoms with Gasteiger partial charge in [0.25, 0.3) is 5.91 Å². The minimum absolute atomic E-state index is 0.0751. The maximum atomic E-state index is 13.9. The minimum Gasteiger partial charge on any atom is -0.389 e. The quantitative estimate of drug-likeness (QED) is 0.857. The van der Waals surface area contributed by atoms with Crippen LogP contribution >= 0.6 is 12.2 Å². The molecule has 3 N–H and O–H groups in total. The van der Waals surface area contributed by atoms with E-state index in [1.807, 2.05) is 0 Å². The van der Waals surface area contributed by atoms with Gasteiger partial charge in [-0.05, 0) is 30.7 Å². The maximum Gasteiger partial charge on any atom is 0.258 e. The van der Waals surface area contributed by atoms with Crippen LogP contribution in [-0.2, 0) is 0 Å². The van der Waals surface area contributed by atoms with Crippen LogP contribution < -0.4 is 11.1 Å². The highest BCUT2D eigenvalue weighted by atomic mass is 32.1. The van der Waals surface area contributed by atoms with Gasteiger partial charge in [0.1, 0.15) is 16.6 Å². The molecule has 0 atom stereocenters. The Kier molecular flexibility index (Phi) is 4.28. The molecule has 0 aromatic heterocycles. The Balaban J connectivity index is 2.39. The molecule has 0 aliphatic heterocycles. The highest BCUT2D eigenvalue weighted by molar-refractivity contribution is 7.80. The van der Waals surface area contributed by atoms with Crippen LogP contribution in [0.5, 0.6) is 0 Å². The summed E-state index contributed by atoms with van der Waals surface area (Å²) in [5, 5.41) is 2.43. The topological polar surface area (TPSA) is 55.1 Å². The lowest BCUT2D eigenvalue weighted by molar-refractivity contribution is 0.102. The predicted molar refractivity (Wildman–Crippen MR) is 81.4 cm³/mol. The van der Waals surface area contributed by atoms with Gasteiger partial charge in [-0.15, -0.1) is 0 Å². The lowest BCUT2D eigenvalue weighted by Crippen LogP contribution is -2.20. The van der Waals surface area contributed by atoms with E-state index in [2.05, 4.69) is 5.32 Å². The Morgan fingerprint density at radius 1 is 1.19 bits per heavy atom. The third-order valence-electron chi connectivity index (χ3n) is 2.94. The van der Waals surface area contributed by atoms with E-state index in [0.29, 0.717) is 5.56 Å². The molecule has 1 amide bonds. The molecule has 108 valence electrons. The van der Waals surface area contributed by atoms with Gasteiger partial charge in [0.2, 0.25) is 0 Å². The Hall–Kier alpha value is -2.34. The first-order valence-electron chi connectivity index (χ1n) is 6.06. The number of amides is 1. The van der Waals surface area contributed by atoms with Crippen LogP contribution in [0.1, 0.15) is 21.5 Å². The molecular weight excluding hydrogens is 294 g/mol. The third kappa shape index (κ3) is 3.05. The van der Waals surface area contributed by atoms with Crippen LogP contribution in [0, 0.1) is 18.6 Å². The molecule has 0 bridgehead atoms. The number of carbonyl (C=O) groups excluding carboxylic acids is 1. The number of rotatable bonds is 3. The van der Waals surface area contributed by atoms with Crippen LogP contribution in [0.2, 0.25) is 0 Å². The molecule has 0 heterocycles. The van der Waals surface area contributed by atoms with E-state index in [1.54, 1.807) is 19.1 Å². The molecule has 21 heavy (non-hydrogen) atoms. The van der Waals surface area contributed by atoms with Crippen molar-refractivity contribution >= 4 is 28.8 Å². The number of anilines is 1. The zero-order chi connectivity index (χ0) is 15.6. The molecule has 6 heteroatoms. The van der Waals surface area contributed by atoms with Crippen molar-refractivity contribution < 1.29 is 13.6 Å². The van der Waals surface area contributed by atoms with Crippen molar-refractivity contribution in [2.45, 2.75) is 6.92 Å². The molecule has 0 spiro atoms. The van der Waals surface area contributed by atoms with Crippen molar-refractivity contribution in [3.63, 3.8) is 0 Å². The van der Waals surface area contributed by atoms with Gasteiger partial charge in [-0.25, -0.2) is 8.78 Å². The Morgan fingerprint density at radius 2 is 1.86 bits per heavy atom. The molecule has 0 aliphatic rings. The Bertz CT molecular complexity index is 732. The van der Waals surface area contributed by atoms with E-state index >= 15 is 0 Å². The molecule has 2 aromatic rings. The van der Waals surface area contributed by atoms with Crippen molar-refractivity contribution in [1.29, 1.82) is 0 Å². The van der Waals surface area contributed by atoms with Crippen molar-refractivity contribution in [3.05, 3.63) is 64.7 Å². The van der Waals surface area contributed by atoms with Crippen molar-refractivity contribution in [3.8, 4) is 0 Å². The minimum atomic E-state index is -0.695. The number of hydrogen-bond donors (Lipinski definition) is 2. The molecule has 0 saturated heterocycles. The number of aryl methyl sites for hydroxylation is 1. The van der Waals surface area contributed by atoms with Crippen LogP contribution in [0.3, 0.4) is 0 Å². The molecule has 0 radical (unpaired) electrons. The summed E-state index contributed by atoms with van der Waals surface area (Å²) in [6, 6.07) is 8.49. The van der Waals surface area contributed by atoms with Gasteiger partial charge in [-0.3, -0.25) is 4.79 Å².